The monoisotopic (exact) mass is 392 g/mol. The number of aromatic nitrogens is 1. The maximum absolute atomic E-state index is 12.5. The van der Waals surface area contributed by atoms with E-state index in [1.165, 1.54) is 0 Å². The number of hydrogen-bond donors (Lipinski definition) is 1. The van der Waals surface area contributed by atoms with Crippen molar-refractivity contribution in [1.82, 2.24) is 10.3 Å². The summed E-state index contributed by atoms with van der Waals surface area (Å²) in [4.78, 5) is 16.8. The Kier molecular flexibility index (Phi) is 6.68. The van der Waals surface area contributed by atoms with Crippen LogP contribution < -0.4 is 19.5 Å². The number of nitrogens with zero attached hydrogens (tertiary/aromatic N) is 1. The van der Waals surface area contributed by atoms with Gasteiger partial charge in [0.05, 0.1) is 18.8 Å². The van der Waals surface area contributed by atoms with Crippen LogP contribution in [0.4, 0.5) is 0 Å². The number of hydrogen-bond acceptors (Lipinski definition) is 5. The number of rotatable bonds is 8. The van der Waals surface area contributed by atoms with Crippen molar-refractivity contribution in [2.24, 2.45) is 0 Å². The van der Waals surface area contributed by atoms with Crippen LogP contribution in [0.15, 0.2) is 66.9 Å². The first kappa shape index (κ1) is 20.2. The van der Waals surface area contributed by atoms with E-state index in [0.29, 0.717) is 35.2 Å². The standard InChI is InChI=1S/C23H24N2O4/c1-16(2)28-21-10-5-4-9-20(21)23(26)25-15-17-11-12-22(24-14-17)29-19-8-6-7-18(13-19)27-3/h4-14,16H,15H2,1-3H3,(H,25,26). The fraction of sp³-hybridized carbons (Fsp3) is 0.217. The van der Waals surface area contributed by atoms with E-state index in [1.807, 2.05) is 50.2 Å². The highest BCUT2D eigenvalue weighted by molar-refractivity contribution is 5.96. The predicted octanol–water partition coefficient (Wildman–Crippen LogP) is 4.60. The normalized spacial score (nSPS) is 10.5. The molecular weight excluding hydrogens is 368 g/mol. The Morgan fingerprint density at radius 1 is 1.03 bits per heavy atom. The molecule has 0 fully saturated rings. The third-order valence-corrected chi connectivity index (χ3v) is 4.01. The van der Waals surface area contributed by atoms with E-state index in [0.717, 1.165) is 5.56 Å². The van der Waals surface area contributed by atoms with Gasteiger partial charge in [-0.25, -0.2) is 4.98 Å². The number of amides is 1. The van der Waals surface area contributed by atoms with Gasteiger partial charge in [-0.15, -0.1) is 0 Å². The topological polar surface area (TPSA) is 69.7 Å². The van der Waals surface area contributed by atoms with Gasteiger partial charge in [-0.1, -0.05) is 24.3 Å². The molecule has 29 heavy (non-hydrogen) atoms. The number of pyridine rings is 1. The molecule has 1 N–H and O–H groups in total. The summed E-state index contributed by atoms with van der Waals surface area (Å²) in [5, 5.41) is 2.90. The summed E-state index contributed by atoms with van der Waals surface area (Å²) in [5.41, 5.74) is 1.37. The van der Waals surface area contributed by atoms with E-state index in [4.69, 9.17) is 14.2 Å². The van der Waals surface area contributed by atoms with Crippen molar-refractivity contribution in [1.29, 1.82) is 0 Å². The van der Waals surface area contributed by atoms with Crippen LogP contribution in [0.2, 0.25) is 0 Å². The van der Waals surface area contributed by atoms with Gasteiger partial charge < -0.3 is 19.5 Å². The first-order valence-electron chi connectivity index (χ1n) is 9.36. The summed E-state index contributed by atoms with van der Waals surface area (Å²) in [6.07, 6.45) is 1.66. The maximum Gasteiger partial charge on any atom is 0.255 e. The molecule has 150 valence electrons. The lowest BCUT2D eigenvalue weighted by atomic mass is 10.1. The molecule has 0 bridgehead atoms. The molecule has 0 aliphatic heterocycles. The fourth-order valence-corrected chi connectivity index (χ4v) is 2.65. The molecule has 1 amide bonds. The fourth-order valence-electron chi connectivity index (χ4n) is 2.65. The summed E-state index contributed by atoms with van der Waals surface area (Å²) in [6.45, 7) is 4.20. The van der Waals surface area contributed by atoms with Gasteiger partial charge in [0.1, 0.15) is 17.2 Å². The lowest BCUT2D eigenvalue weighted by Crippen LogP contribution is -2.24. The molecule has 0 unspecified atom stereocenters. The van der Waals surface area contributed by atoms with Crippen molar-refractivity contribution in [3.8, 4) is 23.1 Å². The van der Waals surface area contributed by atoms with Crippen LogP contribution >= 0.6 is 0 Å². The Balaban J connectivity index is 1.60. The number of para-hydroxylation sites is 1. The molecule has 1 heterocycles. The van der Waals surface area contributed by atoms with E-state index in [1.54, 1.807) is 37.6 Å². The summed E-state index contributed by atoms with van der Waals surface area (Å²) >= 11 is 0. The average Bonchev–Trinajstić information content (AvgIpc) is 2.73. The molecule has 3 rings (SSSR count). The van der Waals surface area contributed by atoms with Crippen LogP contribution in [0.1, 0.15) is 29.8 Å². The smallest absolute Gasteiger partial charge is 0.255 e. The average molecular weight is 392 g/mol. The summed E-state index contributed by atoms with van der Waals surface area (Å²) in [6, 6.07) is 18.1. The largest absolute Gasteiger partial charge is 0.497 e. The molecule has 0 aliphatic rings. The number of carbonyl (C=O) groups is 1. The molecule has 0 radical (unpaired) electrons. The molecule has 0 saturated carbocycles. The zero-order valence-corrected chi connectivity index (χ0v) is 16.7. The number of carbonyl (C=O) groups excluding carboxylic acids is 1. The van der Waals surface area contributed by atoms with Crippen LogP contribution in [-0.4, -0.2) is 24.1 Å². The van der Waals surface area contributed by atoms with Crippen molar-refractivity contribution >= 4 is 5.91 Å². The Bertz CT molecular complexity index is 955. The van der Waals surface area contributed by atoms with E-state index in [2.05, 4.69) is 10.3 Å². The van der Waals surface area contributed by atoms with E-state index in [-0.39, 0.29) is 12.0 Å². The van der Waals surface area contributed by atoms with Gasteiger partial charge in [-0.2, -0.15) is 0 Å². The molecule has 0 aliphatic carbocycles. The second kappa shape index (κ2) is 9.59. The van der Waals surface area contributed by atoms with Gasteiger partial charge in [0.15, 0.2) is 0 Å². The van der Waals surface area contributed by atoms with Crippen molar-refractivity contribution in [3.05, 3.63) is 78.0 Å². The first-order valence-corrected chi connectivity index (χ1v) is 9.36. The second-order valence-corrected chi connectivity index (χ2v) is 6.63. The van der Waals surface area contributed by atoms with E-state index >= 15 is 0 Å². The van der Waals surface area contributed by atoms with Crippen LogP contribution in [0.3, 0.4) is 0 Å². The van der Waals surface area contributed by atoms with Crippen molar-refractivity contribution in [2.45, 2.75) is 26.5 Å². The number of benzene rings is 2. The molecule has 0 spiro atoms. The van der Waals surface area contributed by atoms with Crippen molar-refractivity contribution < 1.29 is 19.0 Å². The molecule has 0 atom stereocenters. The van der Waals surface area contributed by atoms with Crippen LogP contribution in [0, 0.1) is 0 Å². The Morgan fingerprint density at radius 2 is 1.83 bits per heavy atom. The lowest BCUT2D eigenvalue weighted by molar-refractivity contribution is 0.0945. The lowest BCUT2D eigenvalue weighted by Gasteiger charge is -2.14. The van der Waals surface area contributed by atoms with Crippen LogP contribution in [-0.2, 0) is 6.54 Å². The van der Waals surface area contributed by atoms with E-state index < -0.39 is 0 Å². The van der Waals surface area contributed by atoms with Gasteiger partial charge in [-0.05, 0) is 43.7 Å². The molecule has 1 aromatic heterocycles. The highest BCUT2D eigenvalue weighted by Crippen LogP contribution is 2.24. The second-order valence-electron chi connectivity index (χ2n) is 6.63. The number of nitrogens with one attached hydrogen (secondary N) is 1. The first-order chi connectivity index (χ1) is 14.0. The predicted molar refractivity (Wildman–Crippen MR) is 111 cm³/mol. The molecule has 0 saturated heterocycles. The van der Waals surface area contributed by atoms with Crippen molar-refractivity contribution in [2.75, 3.05) is 7.11 Å². The summed E-state index contributed by atoms with van der Waals surface area (Å²) in [7, 11) is 1.60. The Morgan fingerprint density at radius 3 is 2.55 bits per heavy atom. The molecule has 6 nitrogen and oxygen atoms in total. The number of methoxy groups -OCH3 is 1. The Hall–Kier alpha value is -3.54. The zero-order chi connectivity index (χ0) is 20.6. The molecule has 6 heteroatoms. The van der Waals surface area contributed by atoms with Crippen LogP contribution in [0.5, 0.6) is 23.1 Å². The van der Waals surface area contributed by atoms with E-state index in [9.17, 15) is 4.79 Å². The van der Waals surface area contributed by atoms with Crippen molar-refractivity contribution in [3.63, 3.8) is 0 Å². The highest BCUT2D eigenvalue weighted by atomic mass is 16.5. The summed E-state index contributed by atoms with van der Waals surface area (Å²) in [5.74, 6) is 2.19. The quantitative estimate of drug-likeness (QED) is 0.607. The molecular formula is C23H24N2O4. The summed E-state index contributed by atoms with van der Waals surface area (Å²) < 4.78 is 16.6. The van der Waals surface area contributed by atoms with Crippen LogP contribution in [0.25, 0.3) is 0 Å². The minimum absolute atomic E-state index is 0.00900. The SMILES string of the molecule is COc1cccc(Oc2ccc(CNC(=O)c3ccccc3OC(C)C)cn2)c1. The molecule has 3 aromatic rings. The minimum Gasteiger partial charge on any atom is -0.497 e. The van der Waals surface area contributed by atoms with Gasteiger partial charge in [0.2, 0.25) is 5.88 Å². The highest BCUT2D eigenvalue weighted by Gasteiger charge is 2.13. The third kappa shape index (κ3) is 5.72. The van der Waals surface area contributed by atoms with Gasteiger partial charge in [0, 0.05) is 24.9 Å². The maximum atomic E-state index is 12.5. The number of ether oxygens (including phenoxy) is 3. The minimum atomic E-state index is -0.196. The molecule has 2 aromatic carbocycles. The third-order valence-electron chi connectivity index (χ3n) is 4.01. The Labute approximate surface area is 170 Å². The van der Waals surface area contributed by atoms with Gasteiger partial charge in [-0.3, -0.25) is 4.79 Å². The van der Waals surface area contributed by atoms with Gasteiger partial charge in [0.25, 0.3) is 5.91 Å². The van der Waals surface area contributed by atoms with Gasteiger partial charge >= 0.3 is 0 Å². The zero-order valence-electron chi connectivity index (χ0n) is 16.7.